The summed E-state index contributed by atoms with van der Waals surface area (Å²) in [6, 6.07) is 17.2. The van der Waals surface area contributed by atoms with Crippen LogP contribution in [0.15, 0.2) is 97.3 Å². The van der Waals surface area contributed by atoms with E-state index in [1.165, 1.54) is 33.3 Å². The minimum atomic E-state index is -0.642. The summed E-state index contributed by atoms with van der Waals surface area (Å²) in [7, 11) is 0. The van der Waals surface area contributed by atoms with Gasteiger partial charge in [-0.15, -0.1) is 11.3 Å². The van der Waals surface area contributed by atoms with Gasteiger partial charge in [-0.05, 0) is 61.7 Å². The zero-order valence-corrected chi connectivity index (χ0v) is 21.6. The van der Waals surface area contributed by atoms with Crippen molar-refractivity contribution in [2.45, 2.75) is 19.9 Å². The van der Waals surface area contributed by atoms with Crippen molar-refractivity contribution in [3.05, 3.63) is 107 Å². The number of phenols is 1. The molecule has 0 unspecified atom stereocenters. The third-order valence-corrected chi connectivity index (χ3v) is 7.57. The van der Waals surface area contributed by atoms with E-state index in [0.29, 0.717) is 37.5 Å². The number of hydrogen-bond donors (Lipinski definition) is 1. The number of thiazole rings is 1. The number of benzene rings is 2. The summed E-state index contributed by atoms with van der Waals surface area (Å²) in [4.78, 5) is 32.4. The molecule has 37 heavy (non-hydrogen) atoms. The fourth-order valence-electron chi connectivity index (χ4n) is 3.98. The molecule has 2 aromatic heterocycles. The van der Waals surface area contributed by atoms with Gasteiger partial charge in [0, 0.05) is 10.4 Å². The molecule has 2 aromatic carbocycles. The van der Waals surface area contributed by atoms with Crippen LogP contribution in [0, 0.1) is 0 Å². The molecule has 186 valence electrons. The van der Waals surface area contributed by atoms with Gasteiger partial charge in [-0.3, -0.25) is 9.36 Å². The molecule has 0 bridgehead atoms. The summed E-state index contributed by atoms with van der Waals surface area (Å²) in [6.07, 6.45) is 1.61. The topological polar surface area (TPSA) is 106 Å². The highest BCUT2D eigenvalue weighted by atomic mass is 32.1. The summed E-state index contributed by atoms with van der Waals surface area (Å²) in [5.41, 5.74) is 2.19. The number of azo groups is 1. The van der Waals surface area contributed by atoms with E-state index in [1.54, 1.807) is 32.1 Å². The van der Waals surface area contributed by atoms with Gasteiger partial charge in [0.2, 0.25) is 0 Å². The third kappa shape index (κ3) is 4.93. The van der Waals surface area contributed by atoms with E-state index in [9.17, 15) is 14.7 Å². The average Bonchev–Trinajstić information content (AvgIpc) is 3.53. The van der Waals surface area contributed by atoms with Crippen LogP contribution in [0.5, 0.6) is 5.75 Å². The van der Waals surface area contributed by atoms with Crippen molar-refractivity contribution in [1.29, 1.82) is 0 Å². The Morgan fingerprint density at radius 1 is 1.14 bits per heavy atom. The normalized spacial score (nSPS) is 15.6. The van der Waals surface area contributed by atoms with Crippen molar-refractivity contribution in [1.82, 2.24) is 4.57 Å². The molecule has 8 nitrogen and oxygen atoms in total. The molecule has 5 rings (SSSR count). The van der Waals surface area contributed by atoms with Gasteiger partial charge in [-0.25, -0.2) is 9.79 Å². The van der Waals surface area contributed by atoms with Crippen LogP contribution >= 0.6 is 22.7 Å². The minimum Gasteiger partial charge on any atom is -0.507 e. The average molecular weight is 531 g/mol. The van der Waals surface area contributed by atoms with Crippen molar-refractivity contribution >= 4 is 46.1 Å². The monoisotopic (exact) mass is 530 g/mol. The van der Waals surface area contributed by atoms with Crippen LogP contribution in [0.4, 0.5) is 11.4 Å². The molecule has 1 aliphatic rings. The van der Waals surface area contributed by atoms with Crippen molar-refractivity contribution in [3.63, 3.8) is 0 Å². The molecule has 0 amide bonds. The van der Waals surface area contributed by atoms with Crippen LogP contribution in [0.3, 0.4) is 0 Å². The van der Waals surface area contributed by atoms with E-state index < -0.39 is 12.0 Å². The van der Waals surface area contributed by atoms with E-state index in [-0.39, 0.29) is 17.9 Å². The molecule has 0 saturated heterocycles. The highest BCUT2D eigenvalue weighted by molar-refractivity contribution is 7.10. The summed E-state index contributed by atoms with van der Waals surface area (Å²) in [5, 5.41) is 20.9. The largest absolute Gasteiger partial charge is 0.507 e. The lowest BCUT2D eigenvalue weighted by Crippen LogP contribution is -2.39. The van der Waals surface area contributed by atoms with Crippen molar-refractivity contribution in [3.8, 4) is 5.75 Å². The Morgan fingerprint density at radius 3 is 2.65 bits per heavy atom. The van der Waals surface area contributed by atoms with Crippen LogP contribution in [-0.2, 0) is 9.53 Å². The third-order valence-electron chi connectivity index (χ3n) is 5.66. The first kappa shape index (κ1) is 24.5. The van der Waals surface area contributed by atoms with Crippen molar-refractivity contribution in [2.24, 2.45) is 15.2 Å². The molecular weight excluding hydrogens is 508 g/mol. The fraction of sp³-hybridized carbons (Fsp3) is 0.148. The van der Waals surface area contributed by atoms with Crippen LogP contribution in [0.2, 0.25) is 0 Å². The molecule has 0 aliphatic carbocycles. The van der Waals surface area contributed by atoms with Crippen LogP contribution in [0.1, 0.15) is 30.3 Å². The molecule has 3 heterocycles. The Kier molecular flexibility index (Phi) is 6.93. The number of hydrogen-bond acceptors (Lipinski definition) is 9. The number of aromatic hydroxyl groups is 1. The zero-order chi connectivity index (χ0) is 25.9. The van der Waals surface area contributed by atoms with Gasteiger partial charge < -0.3 is 9.84 Å². The highest BCUT2D eigenvalue weighted by Crippen LogP contribution is 2.33. The number of esters is 1. The second-order valence-electron chi connectivity index (χ2n) is 8.10. The number of phenolic OH excluding ortho intramolecular Hbond substituents is 1. The number of carbonyl (C=O) groups is 1. The number of ether oxygens (including phenoxy) is 1. The minimum absolute atomic E-state index is 0.00250. The first-order valence-corrected chi connectivity index (χ1v) is 13.2. The van der Waals surface area contributed by atoms with E-state index in [1.807, 2.05) is 47.8 Å². The van der Waals surface area contributed by atoms with Gasteiger partial charge in [-0.1, -0.05) is 35.6 Å². The summed E-state index contributed by atoms with van der Waals surface area (Å²) in [5.74, 6) is -0.492. The molecule has 1 aliphatic heterocycles. The number of aromatic nitrogens is 1. The number of allylic oxidation sites excluding steroid dienone is 1. The Balaban J connectivity index is 1.61. The second kappa shape index (κ2) is 10.5. The SMILES string of the molecule is CCOC(=O)C1=C(C)N=c2s/c(=C\c3cc(N=Nc4ccccc4)ccc3O)c(=O)n2[C@@H]1c1cccs1. The maximum atomic E-state index is 13.7. The Hall–Kier alpha value is -4.15. The van der Waals surface area contributed by atoms with Crippen LogP contribution in [0.25, 0.3) is 6.08 Å². The fourth-order valence-corrected chi connectivity index (χ4v) is 5.84. The predicted molar refractivity (Wildman–Crippen MR) is 143 cm³/mol. The predicted octanol–water partition coefficient (Wildman–Crippen LogP) is 4.98. The number of fused-ring (bicyclic) bond motifs is 1. The maximum absolute atomic E-state index is 13.7. The Bertz CT molecular complexity index is 1700. The number of rotatable bonds is 6. The Morgan fingerprint density at radius 2 is 1.92 bits per heavy atom. The summed E-state index contributed by atoms with van der Waals surface area (Å²) in [6.45, 7) is 3.70. The molecule has 1 N–H and O–H groups in total. The molecule has 0 spiro atoms. The van der Waals surface area contributed by atoms with Gasteiger partial charge in [0.15, 0.2) is 4.80 Å². The van der Waals surface area contributed by atoms with Gasteiger partial charge in [-0.2, -0.15) is 10.2 Å². The molecule has 0 radical (unpaired) electrons. The van der Waals surface area contributed by atoms with Crippen molar-refractivity contribution in [2.75, 3.05) is 6.61 Å². The molecule has 1 atom stereocenters. The maximum Gasteiger partial charge on any atom is 0.338 e. The number of carbonyl (C=O) groups excluding carboxylic acids is 1. The van der Waals surface area contributed by atoms with Crippen molar-refractivity contribution < 1.29 is 14.6 Å². The van der Waals surface area contributed by atoms with E-state index >= 15 is 0 Å². The summed E-state index contributed by atoms with van der Waals surface area (Å²) >= 11 is 2.65. The smallest absolute Gasteiger partial charge is 0.338 e. The highest BCUT2D eigenvalue weighted by Gasteiger charge is 2.33. The van der Waals surface area contributed by atoms with Gasteiger partial charge >= 0.3 is 5.97 Å². The zero-order valence-electron chi connectivity index (χ0n) is 20.0. The summed E-state index contributed by atoms with van der Waals surface area (Å²) < 4.78 is 7.19. The van der Waals surface area contributed by atoms with Crippen LogP contribution in [-0.4, -0.2) is 22.2 Å². The quantitative estimate of drug-likeness (QED) is 0.280. The first-order valence-electron chi connectivity index (χ1n) is 11.5. The second-order valence-corrected chi connectivity index (χ2v) is 10.1. The van der Waals surface area contributed by atoms with Gasteiger partial charge in [0.05, 0.1) is 33.8 Å². The lowest BCUT2D eigenvalue weighted by Gasteiger charge is -2.23. The van der Waals surface area contributed by atoms with Gasteiger partial charge in [0.25, 0.3) is 5.56 Å². The first-order chi connectivity index (χ1) is 18.0. The van der Waals surface area contributed by atoms with E-state index in [2.05, 4.69) is 15.2 Å². The molecular formula is C27H22N4O4S2. The molecule has 0 fully saturated rings. The van der Waals surface area contributed by atoms with Crippen LogP contribution < -0.4 is 14.9 Å². The van der Waals surface area contributed by atoms with E-state index in [4.69, 9.17) is 4.74 Å². The number of thiophene rings is 1. The molecule has 0 saturated carbocycles. The molecule has 10 heteroatoms. The Labute approximate surface area is 219 Å². The lowest BCUT2D eigenvalue weighted by molar-refractivity contribution is -0.139. The lowest BCUT2D eigenvalue weighted by atomic mass is 10.0. The standard InChI is InChI=1S/C27H22N4O4S2/c1-3-35-26(34)23-16(2)28-27-31(24(23)21-10-7-13-36-21)25(33)22(37-27)15-17-14-19(11-12-20(17)32)30-29-18-8-5-4-6-9-18/h4-15,24,32H,3H2,1-2H3/b22-15-,30-29?/t24-/m1/s1. The van der Waals surface area contributed by atoms with Gasteiger partial charge in [0.1, 0.15) is 11.8 Å². The number of nitrogens with zero attached hydrogens (tertiary/aromatic N) is 4. The molecule has 4 aromatic rings. The van der Waals surface area contributed by atoms with E-state index in [0.717, 1.165) is 4.88 Å².